The number of aliphatic hydroxyl groups excluding tert-OH is 3. The van der Waals surface area contributed by atoms with Crippen LogP contribution in [0.1, 0.15) is 46.1 Å². The van der Waals surface area contributed by atoms with E-state index in [1.165, 1.54) is 13.2 Å². The lowest BCUT2D eigenvalue weighted by atomic mass is 9.89. The van der Waals surface area contributed by atoms with E-state index in [4.69, 9.17) is 4.74 Å². The second-order valence-electron chi connectivity index (χ2n) is 9.20. The summed E-state index contributed by atoms with van der Waals surface area (Å²) in [6.45, 7) is 8.22. The Bertz CT molecular complexity index is 728. The van der Waals surface area contributed by atoms with Gasteiger partial charge in [0, 0.05) is 26.0 Å². The molecule has 0 radical (unpaired) electrons. The maximum absolute atomic E-state index is 13.0. The SMILES string of the molecule is CCCNC(=O)[C@@H](CC(=O)[C@H](OC)[C@H](O)[C@@H](O)[C@H](O)/C=C/C(C)(C)C)Cc1ccccc1. The maximum Gasteiger partial charge on any atom is 0.223 e. The third kappa shape index (κ3) is 9.61. The van der Waals surface area contributed by atoms with Gasteiger partial charge < -0.3 is 25.4 Å². The minimum absolute atomic E-state index is 0.166. The molecule has 0 fully saturated rings. The first-order valence-corrected chi connectivity index (χ1v) is 11.1. The Labute approximate surface area is 191 Å². The maximum atomic E-state index is 13.0. The number of aliphatic hydroxyl groups is 3. The van der Waals surface area contributed by atoms with Crippen molar-refractivity contribution in [2.45, 2.75) is 71.4 Å². The molecule has 7 heteroatoms. The molecule has 0 saturated carbocycles. The van der Waals surface area contributed by atoms with Crippen molar-refractivity contribution < 1.29 is 29.6 Å². The molecule has 1 rings (SSSR count). The van der Waals surface area contributed by atoms with Crippen LogP contribution in [0.25, 0.3) is 0 Å². The number of allylic oxidation sites excluding steroid dienone is 1. The van der Waals surface area contributed by atoms with Crippen molar-refractivity contribution in [1.29, 1.82) is 0 Å². The molecule has 0 aromatic heterocycles. The van der Waals surface area contributed by atoms with Gasteiger partial charge in [-0.1, -0.05) is 70.2 Å². The average molecular weight is 450 g/mol. The van der Waals surface area contributed by atoms with Crippen molar-refractivity contribution in [3.63, 3.8) is 0 Å². The lowest BCUT2D eigenvalue weighted by Gasteiger charge is -2.28. The Morgan fingerprint density at radius 1 is 1.09 bits per heavy atom. The number of hydrogen-bond donors (Lipinski definition) is 4. The van der Waals surface area contributed by atoms with Crippen LogP contribution in [0.3, 0.4) is 0 Å². The molecule has 0 aliphatic rings. The van der Waals surface area contributed by atoms with Crippen LogP contribution >= 0.6 is 0 Å². The summed E-state index contributed by atoms with van der Waals surface area (Å²) in [6.07, 6.45) is -1.96. The van der Waals surface area contributed by atoms with Crippen molar-refractivity contribution in [3.05, 3.63) is 48.0 Å². The molecule has 32 heavy (non-hydrogen) atoms. The summed E-state index contributed by atoms with van der Waals surface area (Å²) in [5, 5.41) is 33.9. The second-order valence-corrected chi connectivity index (χ2v) is 9.20. The van der Waals surface area contributed by atoms with Gasteiger partial charge >= 0.3 is 0 Å². The van der Waals surface area contributed by atoms with Crippen LogP contribution in [0, 0.1) is 11.3 Å². The molecule has 1 amide bonds. The molecule has 0 saturated heterocycles. The van der Waals surface area contributed by atoms with Gasteiger partial charge in [0.2, 0.25) is 5.91 Å². The highest BCUT2D eigenvalue weighted by Crippen LogP contribution is 2.20. The van der Waals surface area contributed by atoms with Gasteiger partial charge in [0.05, 0.1) is 0 Å². The van der Waals surface area contributed by atoms with E-state index in [-0.39, 0.29) is 17.7 Å². The van der Waals surface area contributed by atoms with Gasteiger partial charge in [0.15, 0.2) is 5.78 Å². The molecule has 7 nitrogen and oxygen atoms in total. The zero-order valence-electron chi connectivity index (χ0n) is 19.8. The largest absolute Gasteiger partial charge is 0.387 e. The van der Waals surface area contributed by atoms with E-state index in [2.05, 4.69) is 5.32 Å². The van der Waals surface area contributed by atoms with Crippen LogP contribution in [0.5, 0.6) is 0 Å². The molecule has 5 atom stereocenters. The number of rotatable bonds is 13. The molecule has 0 aliphatic carbocycles. The van der Waals surface area contributed by atoms with Gasteiger partial charge in [0.25, 0.3) is 0 Å². The molecule has 0 aliphatic heterocycles. The summed E-state index contributed by atoms with van der Waals surface area (Å²) < 4.78 is 5.18. The first-order chi connectivity index (χ1) is 15.0. The summed E-state index contributed by atoms with van der Waals surface area (Å²) in [5.74, 6) is -1.41. The van der Waals surface area contributed by atoms with Crippen molar-refractivity contribution in [2.75, 3.05) is 13.7 Å². The highest BCUT2D eigenvalue weighted by Gasteiger charge is 2.36. The topological polar surface area (TPSA) is 116 Å². The number of benzene rings is 1. The quantitative estimate of drug-likeness (QED) is 0.343. The summed E-state index contributed by atoms with van der Waals surface area (Å²) in [5.41, 5.74) is 0.688. The summed E-state index contributed by atoms with van der Waals surface area (Å²) in [4.78, 5) is 25.6. The zero-order valence-corrected chi connectivity index (χ0v) is 19.8. The first-order valence-electron chi connectivity index (χ1n) is 11.1. The van der Waals surface area contributed by atoms with Crippen molar-refractivity contribution in [3.8, 4) is 0 Å². The summed E-state index contributed by atoms with van der Waals surface area (Å²) in [7, 11) is 1.25. The normalized spacial score (nSPS) is 16.9. The van der Waals surface area contributed by atoms with E-state index in [9.17, 15) is 24.9 Å². The Balaban J connectivity index is 2.94. The van der Waals surface area contributed by atoms with Gasteiger partial charge in [-0.25, -0.2) is 0 Å². The molecule has 0 unspecified atom stereocenters. The Hall–Kier alpha value is -2.06. The third-order valence-corrected chi connectivity index (χ3v) is 5.07. The van der Waals surface area contributed by atoms with E-state index in [0.29, 0.717) is 13.0 Å². The number of amides is 1. The van der Waals surface area contributed by atoms with Crippen molar-refractivity contribution in [1.82, 2.24) is 5.32 Å². The molecule has 0 bridgehead atoms. The van der Waals surface area contributed by atoms with E-state index >= 15 is 0 Å². The van der Waals surface area contributed by atoms with E-state index in [0.717, 1.165) is 12.0 Å². The molecular formula is C25H39NO6. The van der Waals surface area contributed by atoms with Gasteiger partial charge in [-0.3, -0.25) is 9.59 Å². The predicted octanol–water partition coefficient (Wildman–Crippen LogP) is 2.03. The van der Waals surface area contributed by atoms with E-state index < -0.39 is 36.1 Å². The molecule has 0 spiro atoms. The minimum atomic E-state index is -1.65. The lowest BCUT2D eigenvalue weighted by Crippen LogP contribution is -2.49. The highest BCUT2D eigenvalue weighted by molar-refractivity contribution is 5.89. The monoisotopic (exact) mass is 449 g/mol. The fourth-order valence-corrected chi connectivity index (χ4v) is 3.25. The average Bonchev–Trinajstić information content (AvgIpc) is 2.75. The summed E-state index contributed by atoms with van der Waals surface area (Å²) in [6, 6.07) is 9.37. The molecule has 4 N–H and O–H groups in total. The molecular weight excluding hydrogens is 410 g/mol. The molecule has 1 aromatic rings. The van der Waals surface area contributed by atoms with Crippen LogP contribution < -0.4 is 5.32 Å². The lowest BCUT2D eigenvalue weighted by molar-refractivity contribution is -0.149. The fourth-order valence-electron chi connectivity index (χ4n) is 3.25. The molecule has 180 valence electrons. The van der Waals surface area contributed by atoms with Gasteiger partial charge in [-0.05, 0) is 23.8 Å². The molecule has 1 aromatic carbocycles. The number of ether oxygens (including phenoxy) is 1. The first kappa shape index (κ1) is 28.0. The number of ketones is 1. The standard InChI is InChI=1S/C25H39NO6/c1-6-14-26-24(31)18(15-17-10-8-7-9-11-17)16-20(28)23(32-5)22(30)21(29)19(27)12-13-25(2,3)4/h7-13,18-19,21-23,27,29-30H,6,14-16H2,1-5H3,(H,26,31)/b13-12+/t18-,19-,21+,22-,23+/m1/s1. The van der Waals surface area contributed by atoms with Crippen LogP contribution in [0.2, 0.25) is 0 Å². The van der Waals surface area contributed by atoms with E-state index in [1.807, 2.05) is 58.0 Å². The van der Waals surface area contributed by atoms with E-state index in [1.54, 1.807) is 6.08 Å². The number of carbonyl (C=O) groups is 2. The van der Waals surface area contributed by atoms with Crippen LogP contribution in [-0.4, -0.2) is 65.1 Å². The number of methoxy groups -OCH3 is 1. The Kier molecular flexibility index (Phi) is 11.8. The fraction of sp³-hybridized carbons (Fsp3) is 0.600. The molecule has 0 heterocycles. The van der Waals surface area contributed by atoms with Crippen LogP contribution in [0.4, 0.5) is 0 Å². The number of nitrogens with one attached hydrogen (secondary N) is 1. The number of hydrogen-bond acceptors (Lipinski definition) is 6. The second kappa shape index (κ2) is 13.5. The number of Topliss-reactive ketones (excluding diaryl/α,β-unsaturated/α-hetero) is 1. The van der Waals surface area contributed by atoms with Crippen LogP contribution in [-0.2, 0) is 20.7 Å². The van der Waals surface area contributed by atoms with Crippen molar-refractivity contribution >= 4 is 11.7 Å². The Morgan fingerprint density at radius 2 is 1.72 bits per heavy atom. The smallest absolute Gasteiger partial charge is 0.223 e. The third-order valence-electron chi connectivity index (χ3n) is 5.07. The zero-order chi connectivity index (χ0) is 24.3. The Morgan fingerprint density at radius 3 is 2.25 bits per heavy atom. The van der Waals surface area contributed by atoms with Gasteiger partial charge in [-0.2, -0.15) is 0 Å². The number of carbonyl (C=O) groups excluding carboxylic acids is 2. The predicted molar refractivity (Wildman–Crippen MR) is 124 cm³/mol. The highest BCUT2D eigenvalue weighted by atomic mass is 16.5. The van der Waals surface area contributed by atoms with Gasteiger partial charge in [0.1, 0.15) is 24.4 Å². The minimum Gasteiger partial charge on any atom is -0.387 e. The summed E-state index contributed by atoms with van der Waals surface area (Å²) >= 11 is 0. The van der Waals surface area contributed by atoms with Gasteiger partial charge in [-0.15, -0.1) is 0 Å². The van der Waals surface area contributed by atoms with Crippen molar-refractivity contribution in [2.24, 2.45) is 11.3 Å². The van der Waals surface area contributed by atoms with Crippen LogP contribution in [0.15, 0.2) is 42.5 Å².